The van der Waals surface area contributed by atoms with Crippen molar-refractivity contribution in [1.82, 2.24) is 19.6 Å². The zero-order valence-electron chi connectivity index (χ0n) is 8.79. The fourth-order valence-corrected chi connectivity index (χ4v) is 2.62. The molecule has 0 aliphatic carbocycles. The number of fused-ring (bicyclic) bond motifs is 3. The van der Waals surface area contributed by atoms with Gasteiger partial charge in [0.1, 0.15) is 0 Å². The van der Waals surface area contributed by atoms with Crippen LogP contribution in [0.25, 0.3) is 27.5 Å². The fourth-order valence-electron chi connectivity index (χ4n) is 1.95. The molecule has 0 amide bonds. The van der Waals surface area contributed by atoms with Crippen LogP contribution in [-0.2, 0) is 0 Å². The number of nitrogens with zero attached hydrogens (tertiary/aromatic N) is 3. The molecular formula is C12H8N4S. The van der Waals surface area contributed by atoms with Gasteiger partial charge in [0.05, 0.1) is 15.9 Å². The SMILES string of the molecule is c1csc(-c2nc3nc4ccccc4n3[nH]2)c1. The molecule has 0 saturated heterocycles. The second-order valence-corrected chi connectivity index (χ2v) is 4.73. The minimum absolute atomic E-state index is 0.717. The first-order valence-corrected chi connectivity index (χ1v) is 6.17. The highest BCUT2D eigenvalue weighted by Gasteiger charge is 2.10. The zero-order chi connectivity index (χ0) is 11.2. The molecule has 0 aliphatic rings. The molecule has 0 saturated carbocycles. The van der Waals surface area contributed by atoms with Crippen molar-refractivity contribution in [3.63, 3.8) is 0 Å². The van der Waals surface area contributed by atoms with Gasteiger partial charge in [-0.1, -0.05) is 18.2 Å². The standard InChI is InChI=1S/C12H8N4S/c1-2-5-9-8(4-1)13-12-14-11(15-16(9)12)10-6-3-7-17-10/h1-7H,(H,13,14,15). The van der Waals surface area contributed by atoms with Gasteiger partial charge >= 0.3 is 0 Å². The van der Waals surface area contributed by atoms with Gasteiger partial charge in [-0.2, -0.15) is 4.98 Å². The number of hydrogen-bond acceptors (Lipinski definition) is 3. The maximum absolute atomic E-state index is 4.50. The van der Waals surface area contributed by atoms with E-state index in [9.17, 15) is 0 Å². The second-order valence-electron chi connectivity index (χ2n) is 3.79. The first-order chi connectivity index (χ1) is 8.42. The van der Waals surface area contributed by atoms with Crippen LogP contribution in [0.15, 0.2) is 41.8 Å². The third kappa shape index (κ3) is 1.23. The minimum atomic E-state index is 0.717. The third-order valence-electron chi connectivity index (χ3n) is 2.73. The van der Waals surface area contributed by atoms with Crippen molar-refractivity contribution in [2.45, 2.75) is 0 Å². The molecule has 0 radical (unpaired) electrons. The molecule has 3 aromatic heterocycles. The van der Waals surface area contributed by atoms with E-state index in [1.165, 1.54) is 0 Å². The predicted octanol–water partition coefficient (Wildman–Crippen LogP) is 2.94. The molecule has 4 nitrogen and oxygen atoms in total. The van der Waals surface area contributed by atoms with E-state index < -0.39 is 0 Å². The first-order valence-electron chi connectivity index (χ1n) is 5.29. The summed E-state index contributed by atoms with van der Waals surface area (Å²) in [6, 6.07) is 12.1. The smallest absolute Gasteiger partial charge is 0.252 e. The van der Waals surface area contributed by atoms with E-state index in [0.29, 0.717) is 0 Å². The third-order valence-corrected chi connectivity index (χ3v) is 3.60. The van der Waals surface area contributed by atoms with Crippen LogP contribution in [0.3, 0.4) is 0 Å². The summed E-state index contributed by atoms with van der Waals surface area (Å²) in [4.78, 5) is 10.1. The van der Waals surface area contributed by atoms with Crippen LogP contribution >= 0.6 is 11.3 Å². The molecule has 3 heterocycles. The number of aromatic nitrogens is 4. The van der Waals surface area contributed by atoms with Crippen molar-refractivity contribution >= 4 is 28.1 Å². The highest BCUT2D eigenvalue weighted by molar-refractivity contribution is 7.13. The van der Waals surface area contributed by atoms with E-state index in [0.717, 1.165) is 27.5 Å². The van der Waals surface area contributed by atoms with Crippen LogP contribution in [0.4, 0.5) is 0 Å². The van der Waals surface area contributed by atoms with E-state index in [4.69, 9.17) is 0 Å². The Kier molecular flexibility index (Phi) is 1.67. The number of rotatable bonds is 1. The van der Waals surface area contributed by atoms with E-state index in [2.05, 4.69) is 15.1 Å². The average molecular weight is 240 g/mol. The Hall–Kier alpha value is -2.14. The highest BCUT2D eigenvalue weighted by Crippen LogP contribution is 2.23. The molecule has 0 unspecified atom stereocenters. The van der Waals surface area contributed by atoms with Gasteiger partial charge in [-0.3, -0.25) is 5.10 Å². The van der Waals surface area contributed by atoms with E-state index in [1.807, 2.05) is 46.3 Å². The number of thiophene rings is 1. The van der Waals surface area contributed by atoms with Crippen LogP contribution in [0.2, 0.25) is 0 Å². The van der Waals surface area contributed by atoms with Crippen LogP contribution in [-0.4, -0.2) is 19.6 Å². The Morgan fingerprint density at radius 2 is 2.00 bits per heavy atom. The van der Waals surface area contributed by atoms with Crippen molar-refractivity contribution in [2.75, 3.05) is 0 Å². The molecule has 4 aromatic rings. The summed E-state index contributed by atoms with van der Waals surface area (Å²) >= 11 is 1.67. The van der Waals surface area contributed by atoms with Crippen LogP contribution < -0.4 is 0 Å². The Morgan fingerprint density at radius 3 is 2.88 bits per heavy atom. The van der Waals surface area contributed by atoms with E-state index in [1.54, 1.807) is 11.3 Å². The molecule has 4 rings (SSSR count). The summed E-state index contributed by atoms with van der Waals surface area (Å²) in [6.07, 6.45) is 0. The number of imidazole rings is 1. The average Bonchev–Trinajstić information content (AvgIpc) is 3.03. The summed E-state index contributed by atoms with van der Waals surface area (Å²) in [5.41, 5.74) is 2.02. The van der Waals surface area contributed by atoms with Gasteiger partial charge in [0, 0.05) is 0 Å². The van der Waals surface area contributed by atoms with Crippen molar-refractivity contribution in [3.05, 3.63) is 41.8 Å². The van der Waals surface area contributed by atoms with E-state index in [-0.39, 0.29) is 0 Å². The second kappa shape index (κ2) is 3.18. The number of H-pyrrole nitrogens is 1. The maximum Gasteiger partial charge on any atom is 0.252 e. The number of nitrogens with one attached hydrogen (secondary N) is 1. The summed E-state index contributed by atoms with van der Waals surface area (Å²) in [6.45, 7) is 0. The summed E-state index contributed by atoms with van der Waals surface area (Å²) in [5, 5.41) is 5.31. The normalized spacial score (nSPS) is 11.5. The molecule has 5 heteroatoms. The highest BCUT2D eigenvalue weighted by atomic mass is 32.1. The quantitative estimate of drug-likeness (QED) is 0.556. The predicted molar refractivity (Wildman–Crippen MR) is 68.2 cm³/mol. The van der Waals surface area contributed by atoms with Gasteiger partial charge in [-0.15, -0.1) is 11.3 Å². The van der Waals surface area contributed by atoms with Crippen molar-refractivity contribution in [2.24, 2.45) is 0 Å². The van der Waals surface area contributed by atoms with Gasteiger partial charge < -0.3 is 0 Å². The fraction of sp³-hybridized carbons (Fsp3) is 0. The number of hydrogen-bond donors (Lipinski definition) is 1. The Morgan fingerprint density at radius 1 is 1.06 bits per heavy atom. The van der Waals surface area contributed by atoms with E-state index >= 15 is 0 Å². The molecule has 0 aliphatic heterocycles. The molecule has 17 heavy (non-hydrogen) atoms. The van der Waals surface area contributed by atoms with Gasteiger partial charge in [-0.25, -0.2) is 9.50 Å². The molecule has 1 N–H and O–H groups in total. The summed E-state index contributed by atoms with van der Waals surface area (Å²) in [5.74, 6) is 1.59. The minimum Gasteiger partial charge on any atom is -0.273 e. The molecule has 0 fully saturated rings. The Labute approximate surface area is 101 Å². The summed E-state index contributed by atoms with van der Waals surface area (Å²) in [7, 11) is 0. The van der Waals surface area contributed by atoms with Crippen LogP contribution in [0, 0.1) is 0 Å². The molecule has 1 aromatic carbocycles. The number of para-hydroxylation sites is 2. The van der Waals surface area contributed by atoms with Crippen LogP contribution in [0.1, 0.15) is 0 Å². The maximum atomic E-state index is 4.50. The molecular weight excluding hydrogens is 232 g/mol. The number of benzene rings is 1. The monoisotopic (exact) mass is 240 g/mol. The lowest BCUT2D eigenvalue weighted by molar-refractivity contribution is 1.01. The zero-order valence-corrected chi connectivity index (χ0v) is 9.61. The first kappa shape index (κ1) is 8.95. The van der Waals surface area contributed by atoms with Crippen molar-refractivity contribution in [1.29, 1.82) is 0 Å². The van der Waals surface area contributed by atoms with Crippen LogP contribution in [0.5, 0.6) is 0 Å². The van der Waals surface area contributed by atoms with Gasteiger partial charge in [0.25, 0.3) is 5.78 Å². The Bertz CT molecular complexity index is 794. The Balaban J connectivity index is 2.05. The lowest BCUT2D eigenvalue weighted by Crippen LogP contribution is -1.83. The van der Waals surface area contributed by atoms with Crippen molar-refractivity contribution < 1.29 is 0 Å². The topological polar surface area (TPSA) is 46.0 Å². The van der Waals surface area contributed by atoms with Gasteiger partial charge in [0.15, 0.2) is 5.82 Å². The van der Waals surface area contributed by atoms with Crippen molar-refractivity contribution in [3.8, 4) is 10.7 Å². The molecule has 0 atom stereocenters. The molecule has 0 bridgehead atoms. The summed E-state index contributed by atoms with van der Waals surface area (Å²) < 4.78 is 1.92. The molecule has 0 spiro atoms. The largest absolute Gasteiger partial charge is 0.273 e. The lowest BCUT2D eigenvalue weighted by atomic mass is 10.3. The van der Waals surface area contributed by atoms with Gasteiger partial charge in [0.2, 0.25) is 0 Å². The molecule has 82 valence electrons. The lowest BCUT2D eigenvalue weighted by Gasteiger charge is -1.90. The van der Waals surface area contributed by atoms with Gasteiger partial charge in [-0.05, 0) is 23.6 Å². The number of aromatic amines is 1.